The first-order valence-corrected chi connectivity index (χ1v) is 11.1. The van der Waals surface area contributed by atoms with Crippen molar-refractivity contribution < 1.29 is 38.4 Å². The highest BCUT2D eigenvalue weighted by atomic mass is 16.6. The average Bonchev–Trinajstić information content (AvgIpc) is 2.88. The molecule has 0 bridgehead atoms. The lowest BCUT2D eigenvalue weighted by Gasteiger charge is -2.30. The Morgan fingerprint density at radius 2 is 2.00 bits per heavy atom. The van der Waals surface area contributed by atoms with Gasteiger partial charge in [-0.2, -0.15) is 0 Å². The van der Waals surface area contributed by atoms with E-state index < -0.39 is 42.0 Å². The van der Waals surface area contributed by atoms with Crippen LogP contribution in [-0.2, 0) is 19.0 Å². The van der Waals surface area contributed by atoms with Crippen LogP contribution in [0.4, 0.5) is 0 Å². The molecular weight excluding hydrogens is 444 g/mol. The number of carbonyl (C=O) groups excluding carboxylic acids is 2. The molecule has 0 unspecified atom stereocenters. The van der Waals surface area contributed by atoms with Crippen LogP contribution < -0.4 is 14.8 Å². The second-order valence-electron chi connectivity index (χ2n) is 7.72. The van der Waals surface area contributed by atoms with Gasteiger partial charge in [-0.3, -0.25) is 4.79 Å². The Bertz CT molecular complexity index is 955. The maximum absolute atomic E-state index is 12.9. The van der Waals surface area contributed by atoms with Crippen molar-refractivity contribution in [2.24, 2.45) is 0 Å². The van der Waals surface area contributed by atoms with Crippen molar-refractivity contribution in [3.63, 3.8) is 0 Å². The van der Waals surface area contributed by atoms with Crippen LogP contribution in [0.3, 0.4) is 0 Å². The van der Waals surface area contributed by atoms with Crippen molar-refractivity contribution >= 4 is 11.9 Å². The van der Waals surface area contributed by atoms with E-state index in [1.165, 1.54) is 19.4 Å². The fourth-order valence-electron chi connectivity index (χ4n) is 3.47. The van der Waals surface area contributed by atoms with Gasteiger partial charge in [0.15, 0.2) is 29.3 Å². The summed E-state index contributed by atoms with van der Waals surface area (Å²) in [6, 6.07) is 9.49. The Morgan fingerprint density at radius 3 is 2.71 bits per heavy atom. The molecule has 34 heavy (non-hydrogen) atoms. The number of esters is 1. The third-order valence-electron chi connectivity index (χ3n) is 5.15. The Balaban J connectivity index is 1.76. The van der Waals surface area contributed by atoms with Crippen molar-refractivity contribution in [2.45, 2.75) is 44.6 Å². The van der Waals surface area contributed by atoms with Gasteiger partial charge in [-0.1, -0.05) is 25.1 Å². The molecule has 0 spiro atoms. The molecule has 2 aromatic rings. The van der Waals surface area contributed by atoms with Crippen LogP contribution in [0.1, 0.15) is 30.8 Å². The number of benzene rings is 1. The number of aromatic hydroxyl groups is 1. The van der Waals surface area contributed by atoms with Crippen LogP contribution in [0.25, 0.3) is 0 Å². The number of methoxy groups -OCH3 is 1. The number of rotatable bonds is 8. The van der Waals surface area contributed by atoms with Gasteiger partial charge in [0.05, 0.1) is 20.3 Å². The van der Waals surface area contributed by atoms with Crippen LogP contribution >= 0.6 is 0 Å². The average molecular weight is 475 g/mol. The zero-order chi connectivity index (χ0) is 24.5. The number of hydrogen-bond acceptors (Lipinski definition) is 9. The van der Waals surface area contributed by atoms with Gasteiger partial charge in [0, 0.05) is 18.9 Å². The SMILES string of the molecule is CCCO[C@H]1[C@H](C)OC(=O)[C@@H](NC(=O)c2nccc(OC)c2O)COC[C@@H]1Oc1ccccc1. The van der Waals surface area contributed by atoms with E-state index in [9.17, 15) is 14.7 Å². The van der Waals surface area contributed by atoms with Gasteiger partial charge in [0.1, 0.15) is 18.0 Å². The van der Waals surface area contributed by atoms with E-state index in [2.05, 4.69) is 10.3 Å². The largest absolute Gasteiger partial charge is 0.503 e. The molecule has 0 saturated carbocycles. The zero-order valence-corrected chi connectivity index (χ0v) is 19.4. The predicted octanol–water partition coefficient (Wildman–Crippen LogP) is 2.10. The number of nitrogens with one attached hydrogen (secondary N) is 1. The number of pyridine rings is 1. The number of nitrogens with zero attached hydrogens (tertiary/aromatic N) is 1. The van der Waals surface area contributed by atoms with Crippen LogP contribution in [-0.4, -0.2) is 73.3 Å². The monoisotopic (exact) mass is 474 g/mol. The molecule has 10 heteroatoms. The minimum absolute atomic E-state index is 0.0823. The fourth-order valence-corrected chi connectivity index (χ4v) is 3.47. The molecule has 1 aromatic heterocycles. The normalized spacial score (nSPS) is 23.1. The van der Waals surface area contributed by atoms with E-state index in [4.69, 9.17) is 23.7 Å². The molecule has 184 valence electrons. The van der Waals surface area contributed by atoms with Crippen molar-refractivity contribution in [2.75, 3.05) is 26.9 Å². The fraction of sp³-hybridized carbons (Fsp3) is 0.458. The molecule has 0 radical (unpaired) electrons. The molecule has 1 aromatic carbocycles. The lowest BCUT2D eigenvalue weighted by atomic mass is 10.1. The number of para-hydroxylation sites is 1. The van der Waals surface area contributed by atoms with E-state index in [0.717, 1.165) is 6.42 Å². The summed E-state index contributed by atoms with van der Waals surface area (Å²) in [6.45, 7) is 4.06. The quantitative estimate of drug-likeness (QED) is 0.553. The number of amides is 1. The molecule has 2 heterocycles. The Labute approximate surface area is 198 Å². The van der Waals surface area contributed by atoms with Crippen LogP contribution in [0.15, 0.2) is 42.6 Å². The number of cyclic esters (lactones) is 1. The molecule has 2 N–H and O–H groups in total. The summed E-state index contributed by atoms with van der Waals surface area (Å²) >= 11 is 0. The summed E-state index contributed by atoms with van der Waals surface area (Å²) in [5.74, 6) is -1.20. The second kappa shape index (κ2) is 12.2. The van der Waals surface area contributed by atoms with Gasteiger partial charge >= 0.3 is 5.97 Å². The lowest BCUT2D eigenvalue weighted by Crippen LogP contribution is -2.47. The number of aromatic nitrogens is 1. The lowest BCUT2D eigenvalue weighted by molar-refractivity contribution is -0.162. The predicted molar refractivity (Wildman–Crippen MR) is 121 cm³/mol. The van der Waals surface area contributed by atoms with Gasteiger partial charge in [0.25, 0.3) is 5.91 Å². The Kier molecular flexibility index (Phi) is 9.06. The second-order valence-corrected chi connectivity index (χ2v) is 7.72. The maximum Gasteiger partial charge on any atom is 0.331 e. The summed E-state index contributed by atoms with van der Waals surface area (Å²) in [7, 11) is 1.35. The van der Waals surface area contributed by atoms with E-state index in [1.54, 1.807) is 6.92 Å². The van der Waals surface area contributed by atoms with Gasteiger partial charge in [-0.15, -0.1) is 0 Å². The van der Waals surface area contributed by atoms with E-state index in [0.29, 0.717) is 12.4 Å². The van der Waals surface area contributed by atoms with Crippen LogP contribution in [0.5, 0.6) is 17.2 Å². The molecule has 1 aliphatic heterocycles. The highest BCUT2D eigenvalue weighted by Gasteiger charge is 2.37. The molecule has 10 nitrogen and oxygen atoms in total. The minimum Gasteiger partial charge on any atom is -0.503 e. The van der Waals surface area contributed by atoms with Crippen LogP contribution in [0, 0.1) is 0 Å². The smallest absolute Gasteiger partial charge is 0.331 e. The maximum atomic E-state index is 12.9. The van der Waals surface area contributed by atoms with Gasteiger partial charge in [0.2, 0.25) is 0 Å². The first-order chi connectivity index (χ1) is 16.4. The summed E-state index contributed by atoms with van der Waals surface area (Å²) < 4.78 is 28.5. The zero-order valence-electron chi connectivity index (χ0n) is 19.4. The summed E-state index contributed by atoms with van der Waals surface area (Å²) in [4.78, 5) is 29.5. The van der Waals surface area contributed by atoms with Crippen molar-refractivity contribution in [1.29, 1.82) is 0 Å². The summed E-state index contributed by atoms with van der Waals surface area (Å²) in [6.07, 6.45) is 0.246. The van der Waals surface area contributed by atoms with Crippen molar-refractivity contribution in [3.8, 4) is 17.2 Å². The van der Waals surface area contributed by atoms with Gasteiger partial charge < -0.3 is 34.1 Å². The van der Waals surface area contributed by atoms with Crippen LogP contribution in [0.2, 0.25) is 0 Å². The number of hydrogen-bond donors (Lipinski definition) is 2. The number of ether oxygens (including phenoxy) is 5. The van der Waals surface area contributed by atoms with E-state index in [1.807, 2.05) is 37.3 Å². The molecule has 0 aliphatic carbocycles. The minimum atomic E-state index is -1.13. The standard InChI is InChI=1S/C24H30N2O8/c1-4-12-32-22-15(2)33-24(29)17(13-31-14-19(22)34-16-8-6-5-7-9-16)26-23(28)20-21(27)18(30-3)10-11-25-20/h5-11,15,17,19,22,27H,4,12-14H2,1-3H3,(H,26,28)/t15-,17-,19-,22-/m0/s1. The van der Waals surface area contributed by atoms with E-state index in [-0.39, 0.29) is 24.7 Å². The molecular formula is C24H30N2O8. The highest BCUT2D eigenvalue weighted by Crippen LogP contribution is 2.27. The Hall–Kier alpha value is -3.37. The first kappa shape index (κ1) is 25.3. The topological polar surface area (TPSA) is 125 Å². The molecule has 4 atom stereocenters. The first-order valence-electron chi connectivity index (χ1n) is 11.1. The summed E-state index contributed by atoms with van der Waals surface area (Å²) in [5, 5.41) is 12.7. The third-order valence-corrected chi connectivity index (χ3v) is 5.15. The van der Waals surface area contributed by atoms with Crippen molar-refractivity contribution in [3.05, 3.63) is 48.3 Å². The Morgan fingerprint density at radius 1 is 1.24 bits per heavy atom. The van der Waals surface area contributed by atoms with E-state index >= 15 is 0 Å². The van der Waals surface area contributed by atoms with Gasteiger partial charge in [-0.05, 0) is 25.5 Å². The highest BCUT2D eigenvalue weighted by molar-refractivity contribution is 5.98. The molecule has 1 aliphatic rings. The molecule has 1 amide bonds. The summed E-state index contributed by atoms with van der Waals surface area (Å²) in [5.41, 5.74) is -0.283. The van der Waals surface area contributed by atoms with Gasteiger partial charge in [-0.25, -0.2) is 9.78 Å². The molecule has 3 rings (SSSR count). The number of carbonyl (C=O) groups is 2. The molecule has 1 saturated heterocycles. The van der Waals surface area contributed by atoms with Crippen molar-refractivity contribution in [1.82, 2.24) is 10.3 Å². The third kappa shape index (κ3) is 6.36. The molecule has 1 fully saturated rings.